The maximum Gasteiger partial charge on any atom is 0.416 e. The molecular weight excluding hydrogens is 427 g/mol. The highest BCUT2D eigenvalue weighted by molar-refractivity contribution is 5.79. The molecule has 1 aliphatic heterocycles. The Labute approximate surface area is 179 Å². The molecule has 0 atom stereocenters. The molecule has 1 aliphatic rings. The first-order valence-electron chi connectivity index (χ1n) is 9.98. The highest BCUT2D eigenvalue weighted by Gasteiger charge is 2.38. The van der Waals surface area contributed by atoms with Crippen molar-refractivity contribution in [1.82, 2.24) is 14.5 Å². The van der Waals surface area contributed by atoms with Gasteiger partial charge in [0.15, 0.2) is 0 Å². The molecule has 1 aromatic heterocycles. The van der Waals surface area contributed by atoms with Crippen LogP contribution in [-0.4, -0.2) is 38.6 Å². The van der Waals surface area contributed by atoms with E-state index < -0.39 is 41.0 Å². The Hall–Kier alpha value is -3.40. The standard InChI is InChI=1S/C22H20F3N3O4/c23-22(24,25)15-5-3-4-14(12-15)21(32)8-10-27(11-9-21)18(29)13-28-19(30)16-6-1-2-7-17(16)26-20(28)31/h1-7,12,32H,8-11,13H2,(H,26,31). The number of aromatic nitrogens is 2. The lowest BCUT2D eigenvalue weighted by atomic mass is 9.83. The number of aromatic amines is 1. The number of H-pyrrole nitrogens is 1. The number of rotatable bonds is 3. The zero-order valence-electron chi connectivity index (χ0n) is 16.9. The Bertz CT molecular complexity index is 1290. The molecule has 0 aliphatic carbocycles. The molecule has 4 rings (SSSR count). The number of likely N-dealkylation sites (tertiary alicyclic amines) is 1. The maximum atomic E-state index is 13.0. The molecule has 0 unspecified atom stereocenters. The third-order valence-corrected chi connectivity index (χ3v) is 5.85. The van der Waals surface area contributed by atoms with Gasteiger partial charge >= 0.3 is 11.9 Å². The van der Waals surface area contributed by atoms with Crippen LogP contribution in [0.2, 0.25) is 0 Å². The van der Waals surface area contributed by atoms with Gasteiger partial charge in [0.1, 0.15) is 6.54 Å². The van der Waals surface area contributed by atoms with Crippen LogP contribution in [0.15, 0.2) is 58.1 Å². The lowest BCUT2D eigenvalue weighted by molar-refractivity contribution is -0.137. The van der Waals surface area contributed by atoms with Crippen molar-refractivity contribution >= 4 is 16.8 Å². The van der Waals surface area contributed by atoms with E-state index in [2.05, 4.69) is 4.98 Å². The van der Waals surface area contributed by atoms with Gasteiger partial charge in [-0.05, 0) is 42.7 Å². The molecule has 2 aromatic carbocycles. The number of carbonyl (C=O) groups is 1. The molecule has 32 heavy (non-hydrogen) atoms. The van der Waals surface area contributed by atoms with Gasteiger partial charge in [0.25, 0.3) is 5.56 Å². The largest absolute Gasteiger partial charge is 0.416 e. The zero-order chi connectivity index (χ0) is 23.1. The molecule has 168 valence electrons. The number of fused-ring (bicyclic) bond motifs is 1. The molecule has 3 aromatic rings. The van der Waals surface area contributed by atoms with Crippen molar-refractivity contribution in [3.8, 4) is 0 Å². The minimum Gasteiger partial charge on any atom is -0.385 e. The molecule has 7 nitrogen and oxygen atoms in total. The van der Waals surface area contributed by atoms with Crippen molar-refractivity contribution in [3.63, 3.8) is 0 Å². The summed E-state index contributed by atoms with van der Waals surface area (Å²) in [4.78, 5) is 41.6. The van der Waals surface area contributed by atoms with Gasteiger partial charge < -0.3 is 15.0 Å². The van der Waals surface area contributed by atoms with Crippen LogP contribution >= 0.6 is 0 Å². The molecule has 2 heterocycles. The molecule has 10 heteroatoms. The first kappa shape index (κ1) is 21.8. The van der Waals surface area contributed by atoms with Gasteiger partial charge in [-0.15, -0.1) is 0 Å². The Kier molecular flexibility index (Phi) is 5.41. The number of amides is 1. The van der Waals surface area contributed by atoms with E-state index in [1.54, 1.807) is 24.3 Å². The van der Waals surface area contributed by atoms with Crippen LogP contribution in [0.25, 0.3) is 10.9 Å². The van der Waals surface area contributed by atoms with Crippen LogP contribution in [0.5, 0.6) is 0 Å². The number of benzene rings is 2. The highest BCUT2D eigenvalue weighted by atomic mass is 19.4. The van der Waals surface area contributed by atoms with Gasteiger partial charge in [-0.1, -0.05) is 24.3 Å². The monoisotopic (exact) mass is 447 g/mol. The average Bonchev–Trinajstić information content (AvgIpc) is 2.76. The molecule has 1 saturated heterocycles. The van der Waals surface area contributed by atoms with E-state index in [0.29, 0.717) is 5.52 Å². The fourth-order valence-corrected chi connectivity index (χ4v) is 3.98. The number of carbonyl (C=O) groups excluding carboxylic acids is 1. The lowest BCUT2D eigenvalue weighted by Crippen LogP contribution is -2.48. The summed E-state index contributed by atoms with van der Waals surface area (Å²) in [6.07, 6.45) is -4.46. The minimum absolute atomic E-state index is 0.0308. The highest BCUT2D eigenvalue weighted by Crippen LogP contribution is 2.36. The Morgan fingerprint density at radius 3 is 2.44 bits per heavy atom. The van der Waals surface area contributed by atoms with Crippen LogP contribution in [0.3, 0.4) is 0 Å². The summed E-state index contributed by atoms with van der Waals surface area (Å²) in [5, 5.41) is 11.2. The van der Waals surface area contributed by atoms with E-state index in [0.717, 1.165) is 16.7 Å². The molecule has 0 saturated carbocycles. The van der Waals surface area contributed by atoms with Crippen molar-refractivity contribution < 1.29 is 23.1 Å². The Morgan fingerprint density at radius 2 is 1.75 bits per heavy atom. The van der Waals surface area contributed by atoms with Crippen LogP contribution in [0.4, 0.5) is 13.2 Å². The SMILES string of the molecule is O=C(Cn1c(=O)[nH]c2ccccc2c1=O)N1CCC(O)(c2cccc(C(F)(F)F)c2)CC1. The lowest BCUT2D eigenvalue weighted by Gasteiger charge is -2.38. The van der Waals surface area contributed by atoms with Crippen LogP contribution in [-0.2, 0) is 23.1 Å². The molecule has 0 radical (unpaired) electrons. The maximum absolute atomic E-state index is 13.0. The molecular formula is C22H20F3N3O4. The molecule has 1 amide bonds. The van der Waals surface area contributed by atoms with Gasteiger partial charge in [-0.3, -0.25) is 14.2 Å². The van der Waals surface area contributed by atoms with Gasteiger partial charge in [0.05, 0.1) is 22.1 Å². The van der Waals surface area contributed by atoms with Crippen molar-refractivity contribution in [3.05, 3.63) is 80.5 Å². The number of alkyl halides is 3. The fraction of sp³-hybridized carbons (Fsp3) is 0.318. The van der Waals surface area contributed by atoms with E-state index >= 15 is 0 Å². The number of nitrogens with one attached hydrogen (secondary N) is 1. The second-order valence-corrected chi connectivity index (χ2v) is 7.86. The van der Waals surface area contributed by atoms with Crippen molar-refractivity contribution in [2.45, 2.75) is 31.2 Å². The second kappa shape index (κ2) is 7.94. The number of hydrogen-bond donors (Lipinski definition) is 2. The van der Waals surface area contributed by atoms with Gasteiger partial charge in [-0.25, -0.2) is 4.79 Å². The van der Waals surface area contributed by atoms with Crippen molar-refractivity contribution in [2.24, 2.45) is 0 Å². The Balaban J connectivity index is 1.49. The van der Waals surface area contributed by atoms with Gasteiger partial charge in [0.2, 0.25) is 5.91 Å². The predicted molar refractivity (Wildman–Crippen MR) is 110 cm³/mol. The second-order valence-electron chi connectivity index (χ2n) is 7.86. The third kappa shape index (κ3) is 4.05. The molecule has 1 fully saturated rings. The van der Waals surface area contributed by atoms with E-state index in [1.807, 2.05) is 0 Å². The van der Waals surface area contributed by atoms with Crippen molar-refractivity contribution in [1.29, 1.82) is 0 Å². The first-order chi connectivity index (χ1) is 15.1. The molecule has 0 spiro atoms. The summed E-state index contributed by atoms with van der Waals surface area (Å²) in [5.74, 6) is -0.487. The van der Waals surface area contributed by atoms with E-state index in [4.69, 9.17) is 0 Å². The number of aliphatic hydroxyl groups is 1. The smallest absolute Gasteiger partial charge is 0.385 e. The van der Waals surface area contributed by atoms with Crippen LogP contribution in [0, 0.1) is 0 Å². The quantitative estimate of drug-likeness (QED) is 0.644. The fourth-order valence-electron chi connectivity index (χ4n) is 3.98. The van der Waals surface area contributed by atoms with E-state index in [1.165, 1.54) is 17.0 Å². The van der Waals surface area contributed by atoms with Crippen LogP contribution < -0.4 is 11.2 Å². The summed E-state index contributed by atoms with van der Waals surface area (Å²) >= 11 is 0. The summed E-state index contributed by atoms with van der Waals surface area (Å²) in [6.45, 7) is -0.321. The zero-order valence-corrected chi connectivity index (χ0v) is 16.9. The number of nitrogens with zero attached hydrogens (tertiary/aromatic N) is 2. The molecule has 2 N–H and O–H groups in total. The number of piperidine rings is 1. The third-order valence-electron chi connectivity index (χ3n) is 5.85. The summed E-state index contributed by atoms with van der Waals surface area (Å²) in [7, 11) is 0. The number of para-hydroxylation sites is 1. The first-order valence-corrected chi connectivity index (χ1v) is 9.98. The number of halogens is 3. The van der Waals surface area contributed by atoms with Gasteiger partial charge in [0, 0.05) is 13.1 Å². The number of hydrogen-bond acceptors (Lipinski definition) is 4. The normalized spacial score (nSPS) is 16.3. The van der Waals surface area contributed by atoms with Crippen LogP contribution in [0.1, 0.15) is 24.0 Å². The predicted octanol–water partition coefficient (Wildman–Crippen LogP) is 2.22. The summed E-state index contributed by atoms with van der Waals surface area (Å²) in [6, 6.07) is 11.0. The Morgan fingerprint density at radius 1 is 1.06 bits per heavy atom. The topological polar surface area (TPSA) is 95.4 Å². The van der Waals surface area contributed by atoms with Crippen molar-refractivity contribution in [2.75, 3.05) is 13.1 Å². The summed E-state index contributed by atoms with van der Waals surface area (Å²) < 4.78 is 39.8. The average molecular weight is 447 g/mol. The molecule has 0 bridgehead atoms. The summed E-state index contributed by atoms with van der Waals surface area (Å²) in [5.41, 5.74) is -3.14. The van der Waals surface area contributed by atoms with E-state index in [-0.39, 0.29) is 36.9 Å². The van der Waals surface area contributed by atoms with E-state index in [9.17, 15) is 32.7 Å². The van der Waals surface area contributed by atoms with Gasteiger partial charge in [-0.2, -0.15) is 13.2 Å². The minimum atomic E-state index is -4.52.